The number of aromatic nitrogens is 1. The van der Waals surface area contributed by atoms with Gasteiger partial charge in [0, 0.05) is 31.1 Å². The monoisotopic (exact) mass is 455 g/mol. The minimum absolute atomic E-state index is 0.0867. The number of halogens is 2. The standard InChI is InChI=1S/C22H19F2N5O4/c1-25-21(31)28-19-12-16(8-9-26-19)33-18-7-6-15(11-17(18)24)27-22(32)29-20(30)10-13-2-4-14(23)5-3-13/h2-9,11-12H,10H2,1H3,(H2,25,26,28,31)(H2,27,29,30,32). The van der Waals surface area contributed by atoms with Gasteiger partial charge in [-0.15, -0.1) is 0 Å². The molecule has 0 aliphatic heterocycles. The van der Waals surface area contributed by atoms with E-state index in [1.54, 1.807) is 0 Å². The van der Waals surface area contributed by atoms with Crippen molar-refractivity contribution in [3.8, 4) is 11.5 Å². The van der Waals surface area contributed by atoms with Crippen LogP contribution in [0.3, 0.4) is 0 Å². The second kappa shape index (κ2) is 10.7. The first-order valence-electron chi connectivity index (χ1n) is 9.60. The van der Waals surface area contributed by atoms with E-state index in [2.05, 4.69) is 26.3 Å². The number of benzene rings is 2. The Morgan fingerprint density at radius 2 is 1.70 bits per heavy atom. The normalized spacial score (nSPS) is 10.2. The number of urea groups is 2. The Morgan fingerprint density at radius 1 is 0.939 bits per heavy atom. The zero-order valence-corrected chi connectivity index (χ0v) is 17.3. The van der Waals surface area contributed by atoms with Crippen molar-refractivity contribution in [2.45, 2.75) is 6.42 Å². The fourth-order valence-electron chi connectivity index (χ4n) is 2.63. The summed E-state index contributed by atoms with van der Waals surface area (Å²) >= 11 is 0. The van der Waals surface area contributed by atoms with Gasteiger partial charge < -0.3 is 15.4 Å². The predicted octanol–water partition coefficient (Wildman–Crippen LogP) is 3.79. The molecule has 0 spiro atoms. The Hall–Kier alpha value is -4.54. The molecular formula is C22H19F2N5O4. The van der Waals surface area contributed by atoms with Crippen LogP contribution in [0.25, 0.3) is 0 Å². The highest BCUT2D eigenvalue weighted by molar-refractivity contribution is 6.01. The van der Waals surface area contributed by atoms with Crippen LogP contribution in [0.2, 0.25) is 0 Å². The lowest BCUT2D eigenvalue weighted by Gasteiger charge is -2.11. The maximum Gasteiger partial charge on any atom is 0.325 e. The molecule has 3 aromatic rings. The highest BCUT2D eigenvalue weighted by atomic mass is 19.1. The van der Waals surface area contributed by atoms with Gasteiger partial charge in [-0.2, -0.15) is 0 Å². The topological polar surface area (TPSA) is 121 Å². The summed E-state index contributed by atoms with van der Waals surface area (Å²) in [6.45, 7) is 0. The minimum atomic E-state index is -0.853. The second-order valence-corrected chi connectivity index (χ2v) is 6.63. The van der Waals surface area contributed by atoms with E-state index >= 15 is 0 Å². The van der Waals surface area contributed by atoms with Crippen LogP contribution in [0.1, 0.15) is 5.56 Å². The first-order chi connectivity index (χ1) is 15.8. The summed E-state index contributed by atoms with van der Waals surface area (Å²) in [5, 5.41) is 9.29. The lowest BCUT2D eigenvalue weighted by atomic mass is 10.1. The number of amides is 5. The third kappa shape index (κ3) is 6.99. The van der Waals surface area contributed by atoms with Gasteiger partial charge in [0.15, 0.2) is 11.6 Å². The maximum absolute atomic E-state index is 14.4. The van der Waals surface area contributed by atoms with Gasteiger partial charge >= 0.3 is 12.1 Å². The van der Waals surface area contributed by atoms with Crippen molar-refractivity contribution in [1.82, 2.24) is 15.6 Å². The van der Waals surface area contributed by atoms with Crippen molar-refractivity contribution in [2.75, 3.05) is 17.7 Å². The van der Waals surface area contributed by atoms with Crippen molar-refractivity contribution in [2.24, 2.45) is 0 Å². The third-order valence-electron chi connectivity index (χ3n) is 4.15. The first-order valence-corrected chi connectivity index (χ1v) is 9.60. The summed E-state index contributed by atoms with van der Waals surface area (Å²) in [5.74, 6) is -1.53. The molecule has 0 aliphatic carbocycles. The molecule has 0 atom stereocenters. The number of nitrogens with one attached hydrogen (secondary N) is 4. The predicted molar refractivity (Wildman–Crippen MR) is 116 cm³/mol. The van der Waals surface area contributed by atoms with E-state index in [0.717, 1.165) is 6.07 Å². The molecule has 5 amide bonds. The van der Waals surface area contributed by atoms with Crippen molar-refractivity contribution >= 4 is 29.5 Å². The molecular weight excluding hydrogens is 436 g/mol. The molecule has 0 bridgehead atoms. The van der Waals surface area contributed by atoms with Gasteiger partial charge in [-0.25, -0.2) is 23.4 Å². The van der Waals surface area contributed by atoms with Gasteiger partial charge in [0.05, 0.1) is 6.42 Å². The minimum Gasteiger partial charge on any atom is -0.454 e. The zero-order chi connectivity index (χ0) is 23.8. The SMILES string of the molecule is CNC(=O)Nc1cc(Oc2ccc(NC(=O)NC(=O)Cc3ccc(F)cc3)cc2F)ccn1. The van der Waals surface area contributed by atoms with Crippen molar-refractivity contribution in [1.29, 1.82) is 0 Å². The van der Waals surface area contributed by atoms with Crippen molar-refractivity contribution in [3.63, 3.8) is 0 Å². The van der Waals surface area contributed by atoms with E-state index in [4.69, 9.17) is 4.74 Å². The molecule has 2 aromatic carbocycles. The van der Waals surface area contributed by atoms with Gasteiger partial charge in [-0.05, 0) is 35.9 Å². The highest BCUT2D eigenvalue weighted by Gasteiger charge is 2.12. The molecule has 4 N–H and O–H groups in total. The van der Waals surface area contributed by atoms with Gasteiger partial charge in [0.25, 0.3) is 0 Å². The fraction of sp³-hybridized carbons (Fsp3) is 0.0909. The molecule has 0 unspecified atom stereocenters. The van der Waals surface area contributed by atoms with E-state index in [1.807, 2.05) is 0 Å². The van der Waals surface area contributed by atoms with E-state index < -0.39 is 29.6 Å². The molecule has 0 saturated heterocycles. The van der Waals surface area contributed by atoms with Gasteiger partial charge in [-0.1, -0.05) is 12.1 Å². The molecule has 33 heavy (non-hydrogen) atoms. The first kappa shape index (κ1) is 23.1. The average molecular weight is 455 g/mol. The van der Waals surface area contributed by atoms with Gasteiger partial charge in [0.1, 0.15) is 17.4 Å². The second-order valence-electron chi connectivity index (χ2n) is 6.63. The van der Waals surface area contributed by atoms with Gasteiger partial charge in [0.2, 0.25) is 5.91 Å². The molecule has 9 nitrogen and oxygen atoms in total. The number of hydrogen-bond acceptors (Lipinski definition) is 5. The lowest BCUT2D eigenvalue weighted by molar-refractivity contribution is -0.119. The van der Waals surface area contributed by atoms with Crippen LogP contribution in [-0.4, -0.2) is 30.0 Å². The summed E-state index contributed by atoms with van der Waals surface area (Å²) in [6.07, 6.45) is 1.25. The Bertz CT molecular complexity index is 1170. The number of pyridine rings is 1. The van der Waals surface area contributed by atoms with Crippen LogP contribution in [-0.2, 0) is 11.2 Å². The van der Waals surface area contributed by atoms with Crippen LogP contribution in [0.15, 0.2) is 60.8 Å². The number of nitrogens with zero attached hydrogens (tertiary/aromatic N) is 1. The van der Waals surface area contributed by atoms with E-state index in [0.29, 0.717) is 5.56 Å². The molecule has 11 heteroatoms. The Kier molecular flexibility index (Phi) is 7.47. The van der Waals surface area contributed by atoms with E-state index in [1.165, 1.54) is 61.8 Å². The summed E-state index contributed by atoms with van der Waals surface area (Å²) < 4.78 is 32.8. The summed E-state index contributed by atoms with van der Waals surface area (Å²) in [4.78, 5) is 39.3. The van der Waals surface area contributed by atoms with Crippen molar-refractivity contribution in [3.05, 3.63) is 78.0 Å². The fourth-order valence-corrected chi connectivity index (χ4v) is 2.63. The number of carbonyl (C=O) groups is 3. The lowest BCUT2D eigenvalue weighted by Crippen LogP contribution is -2.35. The number of ether oxygens (including phenoxy) is 1. The van der Waals surface area contributed by atoms with Gasteiger partial charge in [-0.3, -0.25) is 15.4 Å². The quantitative estimate of drug-likeness (QED) is 0.451. The molecule has 3 rings (SSSR count). The molecule has 0 aliphatic rings. The third-order valence-corrected chi connectivity index (χ3v) is 4.15. The van der Waals surface area contributed by atoms with Crippen LogP contribution in [0.4, 0.5) is 29.9 Å². The highest BCUT2D eigenvalue weighted by Crippen LogP contribution is 2.27. The average Bonchev–Trinajstić information content (AvgIpc) is 2.77. The molecule has 0 radical (unpaired) electrons. The molecule has 0 fully saturated rings. The van der Waals surface area contributed by atoms with Crippen LogP contribution < -0.4 is 26.0 Å². The largest absolute Gasteiger partial charge is 0.454 e. The van der Waals surface area contributed by atoms with Crippen LogP contribution in [0.5, 0.6) is 11.5 Å². The van der Waals surface area contributed by atoms with E-state index in [9.17, 15) is 23.2 Å². The smallest absolute Gasteiger partial charge is 0.325 e. The molecule has 1 aromatic heterocycles. The number of anilines is 2. The summed E-state index contributed by atoms with van der Waals surface area (Å²) in [5.41, 5.74) is 0.614. The molecule has 170 valence electrons. The van der Waals surface area contributed by atoms with Crippen LogP contribution >= 0.6 is 0 Å². The summed E-state index contributed by atoms with van der Waals surface area (Å²) in [6, 6.07) is 10.5. The zero-order valence-electron chi connectivity index (χ0n) is 17.3. The van der Waals surface area contributed by atoms with Crippen LogP contribution in [0, 0.1) is 11.6 Å². The Labute approximate surface area is 187 Å². The summed E-state index contributed by atoms with van der Waals surface area (Å²) in [7, 11) is 1.45. The van der Waals surface area contributed by atoms with E-state index in [-0.39, 0.29) is 29.4 Å². The molecule has 0 saturated carbocycles. The Balaban J connectivity index is 1.57. The number of hydrogen-bond donors (Lipinski definition) is 4. The number of rotatable bonds is 6. The number of carbonyl (C=O) groups excluding carboxylic acids is 3. The maximum atomic E-state index is 14.4. The molecule has 1 heterocycles. The van der Waals surface area contributed by atoms with Crippen molar-refractivity contribution < 1.29 is 27.9 Å². The Morgan fingerprint density at radius 3 is 2.39 bits per heavy atom. The number of imide groups is 1.